The summed E-state index contributed by atoms with van der Waals surface area (Å²) in [5.41, 5.74) is 2.04. The van der Waals surface area contributed by atoms with Crippen molar-refractivity contribution in [3.63, 3.8) is 0 Å². The van der Waals surface area contributed by atoms with Crippen molar-refractivity contribution in [2.24, 2.45) is 0 Å². The second-order valence-electron chi connectivity index (χ2n) is 1.98. The standard InChI is InChI=1S/C6H6N2O/c1-4-6-5(3-9-4)2-7-8-6/h2H,1,3H2,(H,7,8). The molecule has 1 aromatic rings. The van der Waals surface area contributed by atoms with Crippen LogP contribution in [0.5, 0.6) is 0 Å². The maximum absolute atomic E-state index is 5.10. The smallest absolute Gasteiger partial charge is 0.138 e. The number of hydrogen-bond acceptors (Lipinski definition) is 2. The number of fused-ring (bicyclic) bond motifs is 1. The highest BCUT2D eigenvalue weighted by Crippen LogP contribution is 2.24. The van der Waals surface area contributed by atoms with Gasteiger partial charge in [0.05, 0.1) is 6.20 Å². The molecule has 0 aliphatic carbocycles. The molecule has 0 bridgehead atoms. The van der Waals surface area contributed by atoms with Crippen LogP contribution in [0.1, 0.15) is 11.3 Å². The average Bonchev–Trinajstić information content (AvgIpc) is 2.35. The third-order valence-electron chi connectivity index (χ3n) is 1.40. The van der Waals surface area contributed by atoms with Crippen molar-refractivity contribution in [3.05, 3.63) is 24.0 Å². The van der Waals surface area contributed by atoms with Gasteiger partial charge in [-0.1, -0.05) is 6.58 Å². The van der Waals surface area contributed by atoms with Crippen LogP contribution in [0.25, 0.3) is 5.76 Å². The third-order valence-corrected chi connectivity index (χ3v) is 1.40. The molecule has 1 aliphatic rings. The Balaban J connectivity index is 2.61. The molecule has 3 nitrogen and oxygen atoms in total. The summed E-state index contributed by atoms with van der Waals surface area (Å²) >= 11 is 0. The van der Waals surface area contributed by atoms with Crippen molar-refractivity contribution in [3.8, 4) is 0 Å². The van der Waals surface area contributed by atoms with E-state index in [0.29, 0.717) is 12.4 Å². The van der Waals surface area contributed by atoms with E-state index in [0.717, 1.165) is 11.3 Å². The van der Waals surface area contributed by atoms with E-state index >= 15 is 0 Å². The third kappa shape index (κ3) is 0.483. The predicted molar refractivity (Wildman–Crippen MR) is 32.4 cm³/mol. The van der Waals surface area contributed by atoms with Gasteiger partial charge in [0.25, 0.3) is 0 Å². The van der Waals surface area contributed by atoms with Crippen LogP contribution in [0.15, 0.2) is 12.8 Å². The first-order valence-corrected chi connectivity index (χ1v) is 2.72. The van der Waals surface area contributed by atoms with E-state index < -0.39 is 0 Å². The molecule has 0 unspecified atom stereocenters. The fourth-order valence-corrected chi connectivity index (χ4v) is 0.899. The Kier molecular flexibility index (Phi) is 0.704. The fourth-order valence-electron chi connectivity index (χ4n) is 0.899. The first-order chi connectivity index (χ1) is 4.38. The number of aromatic amines is 1. The second kappa shape index (κ2) is 1.37. The van der Waals surface area contributed by atoms with E-state index in [1.54, 1.807) is 6.20 Å². The first kappa shape index (κ1) is 4.61. The van der Waals surface area contributed by atoms with Gasteiger partial charge in [-0.15, -0.1) is 0 Å². The molecule has 0 saturated heterocycles. The molecule has 1 aromatic heterocycles. The molecule has 0 atom stereocenters. The van der Waals surface area contributed by atoms with Crippen LogP contribution >= 0.6 is 0 Å². The molecule has 2 rings (SSSR count). The molecule has 0 radical (unpaired) electrons. The number of rotatable bonds is 0. The Morgan fingerprint density at radius 1 is 1.78 bits per heavy atom. The number of nitrogens with one attached hydrogen (secondary N) is 1. The Labute approximate surface area is 52.3 Å². The summed E-state index contributed by atoms with van der Waals surface area (Å²) in [7, 11) is 0. The maximum atomic E-state index is 5.10. The molecule has 9 heavy (non-hydrogen) atoms. The van der Waals surface area contributed by atoms with E-state index in [2.05, 4.69) is 16.8 Å². The SMILES string of the molecule is C=C1OCc2cn[nH]c21. The van der Waals surface area contributed by atoms with Crippen molar-refractivity contribution in [2.75, 3.05) is 0 Å². The molecule has 0 amide bonds. The van der Waals surface area contributed by atoms with Crippen LogP contribution < -0.4 is 0 Å². The number of nitrogens with zero attached hydrogens (tertiary/aromatic N) is 1. The Morgan fingerprint density at radius 3 is 3.44 bits per heavy atom. The van der Waals surface area contributed by atoms with Crippen molar-refractivity contribution in [1.82, 2.24) is 10.2 Å². The van der Waals surface area contributed by atoms with Gasteiger partial charge in [0.15, 0.2) is 0 Å². The molecule has 2 heterocycles. The zero-order valence-electron chi connectivity index (χ0n) is 4.85. The zero-order chi connectivity index (χ0) is 6.27. The Morgan fingerprint density at radius 2 is 2.67 bits per heavy atom. The van der Waals surface area contributed by atoms with E-state index in [-0.39, 0.29) is 0 Å². The van der Waals surface area contributed by atoms with Crippen LogP contribution in [0, 0.1) is 0 Å². The molecule has 46 valence electrons. The minimum absolute atomic E-state index is 0.616. The normalized spacial score (nSPS) is 15.3. The Bertz CT molecular complexity index is 251. The monoisotopic (exact) mass is 122 g/mol. The lowest BCUT2D eigenvalue weighted by molar-refractivity contribution is 0.285. The van der Waals surface area contributed by atoms with Crippen molar-refractivity contribution in [1.29, 1.82) is 0 Å². The van der Waals surface area contributed by atoms with Crippen LogP contribution in [-0.4, -0.2) is 10.2 Å². The van der Waals surface area contributed by atoms with Gasteiger partial charge in [0, 0.05) is 5.56 Å². The van der Waals surface area contributed by atoms with Gasteiger partial charge >= 0.3 is 0 Å². The number of hydrogen-bond donors (Lipinski definition) is 1. The largest absolute Gasteiger partial charge is 0.487 e. The van der Waals surface area contributed by atoms with Crippen LogP contribution in [0.4, 0.5) is 0 Å². The topological polar surface area (TPSA) is 37.9 Å². The molecule has 1 aliphatic heterocycles. The molecule has 0 saturated carbocycles. The van der Waals surface area contributed by atoms with Gasteiger partial charge < -0.3 is 4.74 Å². The molecular formula is C6H6N2O. The van der Waals surface area contributed by atoms with Gasteiger partial charge in [-0.05, 0) is 0 Å². The maximum Gasteiger partial charge on any atom is 0.138 e. The summed E-state index contributed by atoms with van der Waals surface area (Å²) in [6.07, 6.45) is 1.76. The lowest BCUT2D eigenvalue weighted by atomic mass is 10.3. The van der Waals surface area contributed by atoms with Crippen molar-refractivity contribution >= 4 is 5.76 Å². The van der Waals surface area contributed by atoms with E-state index in [9.17, 15) is 0 Å². The average molecular weight is 122 g/mol. The minimum atomic E-state index is 0.616. The molecule has 1 N–H and O–H groups in total. The quantitative estimate of drug-likeness (QED) is 0.555. The highest BCUT2D eigenvalue weighted by atomic mass is 16.5. The van der Waals surface area contributed by atoms with Gasteiger partial charge in [-0.2, -0.15) is 5.10 Å². The lowest BCUT2D eigenvalue weighted by Crippen LogP contribution is -1.77. The minimum Gasteiger partial charge on any atom is -0.487 e. The van der Waals surface area contributed by atoms with E-state index in [4.69, 9.17) is 4.74 Å². The zero-order valence-corrected chi connectivity index (χ0v) is 4.85. The highest BCUT2D eigenvalue weighted by molar-refractivity contribution is 5.59. The molecule has 0 aromatic carbocycles. The van der Waals surface area contributed by atoms with Crippen molar-refractivity contribution in [2.45, 2.75) is 6.61 Å². The van der Waals surface area contributed by atoms with Gasteiger partial charge in [-0.25, -0.2) is 0 Å². The molecule has 0 fully saturated rings. The number of H-pyrrole nitrogens is 1. The van der Waals surface area contributed by atoms with Gasteiger partial charge in [0.1, 0.15) is 18.1 Å². The first-order valence-electron chi connectivity index (χ1n) is 2.72. The highest BCUT2D eigenvalue weighted by Gasteiger charge is 2.16. The summed E-state index contributed by atoms with van der Waals surface area (Å²) in [5, 5.41) is 6.62. The van der Waals surface area contributed by atoms with Crippen molar-refractivity contribution < 1.29 is 4.74 Å². The predicted octanol–water partition coefficient (Wildman–Crippen LogP) is 0.911. The number of aromatic nitrogens is 2. The lowest BCUT2D eigenvalue weighted by Gasteiger charge is -1.91. The summed E-state index contributed by atoms with van der Waals surface area (Å²) in [4.78, 5) is 0. The van der Waals surface area contributed by atoms with Crippen LogP contribution in [0.2, 0.25) is 0 Å². The van der Waals surface area contributed by atoms with Gasteiger partial charge in [0.2, 0.25) is 0 Å². The summed E-state index contributed by atoms with van der Waals surface area (Å²) in [6.45, 7) is 4.29. The molecule has 0 spiro atoms. The second-order valence-corrected chi connectivity index (χ2v) is 1.98. The van der Waals surface area contributed by atoms with E-state index in [1.807, 2.05) is 0 Å². The Hall–Kier alpha value is -1.25. The summed E-state index contributed by atoms with van der Waals surface area (Å²) in [6, 6.07) is 0. The van der Waals surface area contributed by atoms with Crippen LogP contribution in [0.3, 0.4) is 0 Å². The van der Waals surface area contributed by atoms with Gasteiger partial charge in [-0.3, -0.25) is 5.10 Å². The van der Waals surface area contributed by atoms with E-state index in [1.165, 1.54) is 0 Å². The molecule has 3 heteroatoms. The molecular weight excluding hydrogens is 116 g/mol. The fraction of sp³-hybridized carbons (Fsp3) is 0.167. The summed E-state index contributed by atoms with van der Waals surface area (Å²) in [5.74, 6) is 0.697. The summed E-state index contributed by atoms with van der Waals surface area (Å²) < 4.78 is 5.10. The van der Waals surface area contributed by atoms with Crippen LogP contribution in [-0.2, 0) is 11.3 Å². The number of ether oxygens (including phenoxy) is 1.